The highest BCUT2D eigenvalue weighted by atomic mass is 32.1. The molecule has 0 spiro atoms. The molecule has 144 valence electrons. The lowest BCUT2D eigenvalue weighted by atomic mass is 10.1. The topological polar surface area (TPSA) is 92.5 Å². The van der Waals surface area contributed by atoms with Gasteiger partial charge in [-0.15, -0.1) is 0 Å². The van der Waals surface area contributed by atoms with Gasteiger partial charge in [0.15, 0.2) is 22.6 Å². The smallest absolute Gasteiger partial charge is 0.414 e. The van der Waals surface area contributed by atoms with Crippen molar-refractivity contribution in [3.05, 3.63) is 29.3 Å². The third kappa shape index (κ3) is 3.65. The van der Waals surface area contributed by atoms with Gasteiger partial charge in [0.2, 0.25) is 0 Å². The first-order valence-electron chi connectivity index (χ1n) is 7.73. The summed E-state index contributed by atoms with van der Waals surface area (Å²) < 4.78 is 53.1. The first-order valence-corrected chi connectivity index (χ1v) is 8.14. The van der Waals surface area contributed by atoms with E-state index in [1.54, 1.807) is 7.05 Å². The van der Waals surface area contributed by atoms with Gasteiger partial charge in [-0.2, -0.15) is 4.98 Å². The maximum absolute atomic E-state index is 14.5. The largest absolute Gasteiger partial charge is 0.442 e. The standard InChI is InChI=1S/C15H14F3N5O3S/c1-6-21-13(26-22-6)10-8(16)3-9(11(17)12(10)18)23-5-7(25-15(23)24)4-20-14(27)19-2/h3,7H,4-5H2,1-2H3,(H2,19,20,27). The highest BCUT2D eigenvalue weighted by Gasteiger charge is 2.36. The quantitative estimate of drug-likeness (QED) is 0.593. The first-order chi connectivity index (χ1) is 12.8. The van der Waals surface area contributed by atoms with Crippen molar-refractivity contribution in [2.75, 3.05) is 25.0 Å². The number of amides is 1. The molecule has 1 fully saturated rings. The second-order valence-electron chi connectivity index (χ2n) is 5.60. The lowest BCUT2D eigenvalue weighted by molar-refractivity contribution is 0.142. The average molecular weight is 401 g/mol. The number of cyclic esters (lactones) is 1. The lowest BCUT2D eigenvalue weighted by Gasteiger charge is -2.16. The fraction of sp³-hybridized carbons (Fsp3) is 0.333. The molecule has 27 heavy (non-hydrogen) atoms. The molecule has 1 aromatic heterocycles. The van der Waals surface area contributed by atoms with E-state index in [0.29, 0.717) is 11.2 Å². The Morgan fingerprint density at radius 3 is 2.78 bits per heavy atom. The Hall–Kier alpha value is -2.89. The number of aryl methyl sites for hydroxylation is 1. The number of nitrogens with one attached hydrogen (secondary N) is 2. The Kier molecular flexibility index (Phi) is 5.17. The number of aromatic nitrogens is 2. The predicted octanol–water partition coefficient (Wildman–Crippen LogP) is 1.88. The molecule has 1 amide bonds. The van der Waals surface area contributed by atoms with Gasteiger partial charge < -0.3 is 19.9 Å². The zero-order valence-corrected chi connectivity index (χ0v) is 15.0. The summed E-state index contributed by atoms with van der Waals surface area (Å²) in [5.74, 6) is -4.50. The van der Waals surface area contributed by atoms with E-state index in [0.717, 1.165) is 4.90 Å². The summed E-state index contributed by atoms with van der Waals surface area (Å²) in [6.07, 6.45) is -1.62. The normalized spacial score (nSPS) is 16.4. The summed E-state index contributed by atoms with van der Waals surface area (Å²) in [5.41, 5.74) is -1.39. The van der Waals surface area contributed by atoms with Crippen LogP contribution in [0.2, 0.25) is 0 Å². The number of hydrogen-bond donors (Lipinski definition) is 2. The van der Waals surface area contributed by atoms with E-state index in [1.807, 2.05) is 0 Å². The van der Waals surface area contributed by atoms with Crippen molar-refractivity contribution in [2.24, 2.45) is 0 Å². The van der Waals surface area contributed by atoms with E-state index in [2.05, 4.69) is 20.8 Å². The molecular weight excluding hydrogens is 387 g/mol. The van der Waals surface area contributed by atoms with Crippen LogP contribution in [0.1, 0.15) is 5.82 Å². The molecule has 0 radical (unpaired) electrons. The van der Waals surface area contributed by atoms with E-state index in [-0.39, 0.29) is 18.9 Å². The number of hydrogen-bond acceptors (Lipinski definition) is 6. The van der Waals surface area contributed by atoms with Gasteiger partial charge in [-0.1, -0.05) is 5.16 Å². The van der Waals surface area contributed by atoms with Crippen LogP contribution in [0.3, 0.4) is 0 Å². The van der Waals surface area contributed by atoms with Crippen molar-refractivity contribution < 1.29 is 27.2 Å². The van der Waals surface area contributed by atoms with E-state index in [1.165, 1.54) is 6.92 Å². The van der Waals surface area contributed by atoms with Gasteiger partial charge in [0.05, 0.1) is 18.8 Å². The summed E-state index contributed by atoms with van der Waals surface area (Å²) in [5, 5.41) is 9.21. The molecule has 1 unspecified atom stereocenters. The van der Waals surface area contributed by atoms with E-state index in [9.17, 15) is 18.0 Å². The van der Waals surface area contributed by atoms with Crippen LogP contribution in [0.5, 0.6) is 0 Å². The van der Waals surface area contributed by atoms with Crippen LogP contribution < -0.4 is 15.5 Å². The Labute approximate surface area is 156 Å². The summed E-state index contributed by atoms with van der Waals surface area (Å²) in [6, 6.07) is 0.683. The van der Waals surface area contributed by atoms with Gasteiger partial charge in [0, 0.05) is 13.1 Å². The molecule has 2 N–H and O–H groups in total. The van der Waals surface area contributed by atoms with E-state index >= 15 is 0 Å². The Morgan fingerprint density at radius 1 is 1.41 bits per heavy atom. The molecular formula is C15H14F3N5O3S. The van der Waals surface area contributed by atoms with Crippen LogP contribution in [0, 0.1) is 24.4 Å². The summed E-state index contributed by atoms with van der Waals surface area (Å²) in [4.78, 5) is 16.5. The molecule has 1 saturated heterocycles. The number of carbonyl (C=O) groups excluding carboxylic acids is 1. The predicted molar refractivity (Wildman–Crippen MR) is 91.6 cm³/mol. The van der Waals surface area contributed by atoms with Gasteiger partial charge in [-0.3, -0.25) is 4.90 Å². The molecule has 2 aromatic rings. The van der Waals surface area contributed by atoms with Crippen LogP contribution in [0.25, 0.3) is 11.5 Å². The van der Waals surface area contributed by atoms with Crippen molar-refractivity contribution in [3.63, 3.8) is 0 Å². The SMILES string of the molecule is CNC(=S)NCC1CN(c2cc(F)c(-c3nc(C)no3)c(F)c2F)C(=O)O1. The number of halogens is 3. The Bertz CT molecular complexity index is 907. The van der Waals surface area contributed by atoms with Crippen molar-refractivity contribution in [1.29, 1.82) is 0 Å². The highest BCUT2D eigenvalue weighted by Crippen LogP contribution is 2.34. The molecule has 8 nitrogen and oxygen atoms in total. The Morgan fingerprint density at radius 2 is 2.15 bits per heavy atom. The summed E-state index contributed by atoms with van der Waals surface area (Å²) >= 11 is 4.90. The number of thiocarbonyl (C=S) groups is 1. The minimum absolute atomic E-state index is 0.118. The van der Waals surface area contributed by atoms with Crippen LogP contribution in [-0.4, -0.2) is 47.6 Å². The lowest BCUT2D eigenvalue weighted by Crippen LogP contribution is -2.39. The molecule has 0 aliphatic carbocycles. The third-order valence-electron chi connectivity index (χ3n) is 3.76. The summed E-state index contributed by atoms with van der Waals surface area (Å²) in [7, 11) is 1.61. The number of carbonyl (C=O) groups is 1. The van der Waals surface area contributed by atoms with Crippen LogP contribution >= 0.6 is 12.2 Å². The average Bonchev–Trinajstić information content (AvgIpc) is 3.21. The van der Waals surface area contributed by atoms with E-state index < -0.39 is 46.8 Å². The minimum atomic E-state index is -1.54. The molecule has 0 saturated carbocycles. The number of rotatable bonds is 4. The van der Waals surface area contributed by atoms with Crippen molar-refractivity contribution in [1.82, 2.24) is 20.8 Å². The van der Waals surface area contributed by atoms with Gasteiger partial charge in [-0.05, 0) is 19.1 Å². The van der Waals surface area contributed by atoms with Crippen LogP contribution in [-0.2, 0) is 4.74 Å². The fourth-order valence-corrected chi connectivity index (χ4v) is 2.58. The second kappa shape index (κ2) is 7.39. The van der Waals surface area contributed by atoms with Crippen molar-refractivity contribution in [3.8, 4) is 11.5 Å². The number of benzene rings is 1. The molecule has 1 aliphatic heterocycles. The van der Waals surface area contributed by atoms with Gasteiger partial charge >= 0.3 is 6.09 Å². The Balaban J connectivity index is 1.87. The van der Waals surface area contributed by atoms with Crippen LogP contribution in [0.4, 0.5) is 23.7 Å². The maximum Gasteiger partial charge on any atom is 0.414 e. The molecule has 3 rings (SSSR count). The first kappa shape index (κ1) is 18.9. The molecule has 1 atom stereocenters. The van der Waals surface area contributed by atoms with Gasteiger partial charge in [0.25, 0.3) is 5.89 Å². The fourth-order valence-electron chi connectivity index (χ4n) is 2.49. The highest BCUT2D eigenvalue weighted by molar-refractivity contribution is 7.80. The minimum Gasteiger partial charge on any atom is -0.442 e. The number of anilines is 1. The number of nitrogens with zero attached hydrogens (tertiary/aromatic N) is 3. The van der Waals surface area contributed by atoms with Gasteiger partial charge in [0.1, 0.15) is 17.5 Å². The summed E-state index contributed by atoms with van der Waals surface area (Å²) in [6.45, 7) is 1.47. The second-order valence-corrected chi connectivity index (χ2v) is 6.01. The zero-order chi connectivity index (χ0) is 19.7. The maximum atomic E-state index is 14.5. The third-order valence-corrected chi connectivity index (χ3v) is 4.11. The molecule has 0 bridgehead atoms. The molecule has 2 heterocycles. The van der Waals surface area contributed by atoms with Gasteiger partial charge in [-0.25, -0.2) is 18.0 Å². The molecule has 1 aromatic carbocycles. The monoisotopic (exact) mass is 401 g/mol. The van der Waals surface area contributed by atoms with Crippen molar-refractivity contribution >= 4 is 29.1 Å². The molecule has 12 heteroatoms. The number of ether oxygens (including phenoxy) is 1. The van der Waals surface area contributed by atoms with E-state index in [4.69, 9.17) is 21.5 Å². The van der Waals surface area contributed by atoms with Crippen LogP contribution in [0.15, 0.2) is 10.6 Å². The zero-order valence-electron chi connectivity index (χ0n) is 14.2. The van der Waals surface area contributed by atoms with Crippen molar-refractivity contribution in [2.45, 2.75) is 13.0 Å². The molecule has 1 aliphatic rings.